The maximum Gasteiger partial charge on any atom is 0.472 e. The van der Waals surface area contributed by atoms with Gasteiger partial charge in [0, 0.05) is 19.3 Å². The smallest absolute Gasteiger partial charge is 0.462 e. The molecular formula is C81H128O17P2. The fourth-order valence-electron chi connectivity index (χ4n) is 8.85. The number of ether oxygens (including phenoxy) is 4. The van der Waals surface area contributed by atoms with Gasteiger partial charge in [-0.3, -0.25) is 37.3 Å². The summed E-state index contributed by atoms with van der Waals surface area (Å²) in [6.07, 6.45) is 85.1. The highest BCUT2D eigenvalue weighted by atomic mass is 31.2. The van der Waals surface area contributed by atoms with Crippen molar-refractivity contribution < 1.29 is 80.2 Å². The van der Waals surface area contributed by atoms with Crippen LogP contribution in [-0.2, 0) is 65.4 Å². The minimum atomic E-state index is -5.02. The molecule has 0 rings (SSSR count). The molecule has 17 nitrogen and oxygen atoms in total. The number of esters is 4. The van der Waals surface area contributed by atoms with E-state index in [2.05, 4.69) is 174 Å². The summed E-state index contributed by atoms with van der Waals surface area (Å²) in [6, 6.07) is 0. The van der Waals surface area contributed by atoms with E-state index in [9.17, 15) is 43.2 Å². The van der Waals surface area contributed by atoms with E-state index in [0.717, 1.165) is 161 Å². The van der Waals surface area contributed by atoms with Gasteiger partial charge in [-0.15, -0.1) is 0 Å². The van der Waals surface area contributed by atoms with Gasteiger partial charge in [0.1, 0.15) is 19.3 Å². The number of phosphoric ester groups is 2. The number of allylic oxidation sites excluding steroid dienone is 29. The highest BCUT2D eigenvalue weighted by Crippen LogP contribution is 2.45. The number of aliphatic hydroxyl groups excluding tert-OH is 1. The van der Waals surface area contributed by atoms with Gasteiger partial charge >= 0.3 is 39.5 Å². The van der Waals surface area contributed by atoms with Crippen LogP contribution in [0.5, 0.6) is 0 Å². The van der Waals surface area contributed by atoms with Crippen LogP contribution in [-0.4, -0.2) is 96.7 Å². The molecule has 0 amide bonds. The Kier molecular flexibility index (Phi) is 67.4. The van der Waals surface area contributed by atoms with Gasteiger partial charge in [0.2, 0.25) is 0 Å². The molecule has 0 aromatic carbocycles. The van der Waals surface area contributed by atoms with Crippen LogP contribution in [0.3, 0.4) is 0 Å². The minimum Gasteiger partial charge on any atom is -0.462 e. The summed E-state index contributed by atoms with van der Waals surface area (Å²) in [5.74, 6) is -2.45. The van der Waals surface area contributed by atoms with Crippen LogP contribution in [0.1, 0.15) is 246 Å². The first-order valence-electron chi connectivity index (χ1n) is 37.0. The molecule has 0 heterocycles. The second-order valence-corrected chi connectivity index (χ2v) is 26.7. The van der Waals surface area contributed by atoms with Crippen LogP contribution in [0.15, 0.2) is 182 Å². The number of hydrogen-bond acceptors (Lipinski definition) is 15. The number of hydrogen-bond donors (Lipinski definition) is 3. The Labute approximate surface area is 603 Å². The van der Waals surface area contributed by atoms with E-state index in [1.165, 1.54) is 0 Å². The van der Waals surface area contributed by atoms with Gasteiger partial charge in [0.15, 0.2) is 12.2 Å². The van der Waals surface area contributed by atoms with E-state index in [-0.39, 0.29) is 25.7 Å². The van der Waals surface area contributed by atoms with E-state index in [4.69, 9.17) is 37.0 Å². The first-order chi connectivity index (χ1) is 48.7. The molecule has 3 N–H and O–H groups in total. The molecule has 0 saturated carbocycles. The third-order valence-corrected chi connectivity index (χ3v) is 16.3. The molecule has 0 saturated heterocycles. The van der Waals surface area contributed by atoms with E-state index in [1.807, 2.05) is 24.3 Å². The van der Waals surface area contributed by atoms with Crippen molar-refractivity contribution in [2.24, 2.45) is 0 Å². The summed E-state index contributed by atoms with van der Waals surface area (Å²) >= 11 is 0. The van der Waals surface area contributed by atoms with Crippen molar-refractivity contribution in [1.82, 2.24) is 0 Å². The Morgan fingerprint density at radius 2 is 0.570 bits per heavy atom. The van der Waals surface area contributed by atoms with Crippen molar-refractivity contribution in [2.75, 3.05) is 39.6 Å². The summed E-state index contributed by atoms with van der Waals surface area (Å²) in [6.45, 7) is 4.20. The average Bonchev–Trinajstić information content (AvgIpc) is 1.06. The highest BCUT2D eigenvalue weighted by molar-refractivity contribution is 7.47. The van der Waals surface area contributed by atoms with Crippen LogP contribution in [0.4, 0.5) is 0 Å². The standard InChI is InChI=1S/C81H128O17P2/c1-5-9-13-17-21-25-29-33-36-37-40-43-46-50-54-58-62-66-79(84)92-72-77(98-81(86)68-64-60-56-52-48-44-39-35-31-27-23-19-15-11-7-3)74-96-100(89,90)94-70-75(82)69-93-99(87,88)95-73-76(97-80(85)67-63-59-55-51-47-41-32-28-24-20-16-12-8-4)71-91-78(83)65-61-57-53-49-45-42-38-34-30-26-22-18-14-10-6-2/h9-11,13-16,20-23,25-28,32-36,38-40,43,48,50,52,54,60,64,75-77,82H,5-8,12,17-19,24,29-31,37,41-42,44-47,49,51,53,55-59,61-63,65-74H2,1-4H3,(H,87,88)(H,89,90)/b13-9-,14-10-,15-11-,20-16-,25-21-,26-22-,27-23-,32-28-,36-33-,38-34-,39-35-,43-40-,52-48-,54-50-,64-60-. The summed E-state index contributed by atoms with van der Waals surface area (Å²) in [5.41, 5.74) is 0. The topological polar surface area (TPSA) is 237 Å². The monoisotopic (exact) mass is 1430 g/mol. The molecule has 0 aliphatic heterocycles. The molecule has 0 aromatic heterocycles. The van der Waals surface area contributed by atoms with Crippen molar-refractivity contribution in [3.05, 3.63) is 182 Å². The SMILES string of the molecule is CC/C=C\C/C=C\C/C=C\C/C=C\C/C=C\CCCC(=O)OCC(COP(=O)(O)OCC(O)COP(=O)(O)OCC(COC(=O)CCCCCCC/C=C\C/C=C\C/C=C\CC)OC(=O)CCCCCCC/C=C\C/C=C\CCC)OC(=O)C/C=C\C/C=C\C/C=C\C/C=C\C/C=C\CC. The van der Waals surface area contributed by atoms with Gasteiger partial charge in [-0.05, 0) is 148 Å². The predicted molar refractivity (Wildman–Crippen MR) is 408 cm³/mol. The largest absolute Gasteiger partial charge is 0.472 e. The Morgan fingerprint density at radius 3 is 0.930 bits per heavy atom. The molecule has 564 valence electrons. The Hall–Kier alpha value is -5.84. The zero-order chi connectivity index (χ0) is 73.2. The normalized spacial score (nSPS) is 15.0. The fourth-order valence-corrected chi connectivity index (χ4v) is 10.4. The molecule has 0 bridgehead atoms. The second-order valence-electron chi connectivity index (χ2n) is 23.8. The van der Waals surface area contributed by atoms with Gasteiger partial charge < -0.3 is 33.8 Å². The quantitative estimate of drug-likeness (QED) is 0.0169. The molecule has 0 aliphatic carbocycles. The molecule has 0 aromatic rings. The average molecular weight is 1440 g/mol. The number of carbonyl (C=O) groups excluding carboxylic acids is 4. The third kappa shape index (κ3) is 70.6. The number of aliphatic hydroxyl groups is 1. The van der Waals surface area contributed by atoms with Gasteiger partial charge in [-0.1, -0.05) is 255 Å². The molecule has 0 aliphatic rings. The maximum absolute atomic E-state index is 13.1. The summed E-state index contributed by atoms with van der Waals surface area (Å²) in [5, 5.41) is 10.6. The van der Waals surface area contributed by atoms with Crippen LogP contribution in [0.2, 0.25) is 0 Å². The summed E-state index contributed by atoms with van der Waals surface area (Å²) in [4.78, 5) is 72.7. The zero-order valence-corrected chi connectivity index (χ0v) is 63.1. The van der Waals surface area contributed by atoms with Crippen molar-refractivity contribution in [1.29, 1.82) is 0 Å². The summed E-state index contributed by atoms with van der Waals surface area (Å²) < 4.78 is 68.2. The van der Waals surface area contributed by atoms with Crippen molar-refractivity contribution >= 4 is 39.5 Å². The molecule has 5 atom stereocenters. The lowest BCUT2D eigenvalue weighted by Crippen LogP contribution is -2.30. The fraction of sp³-hybridized carbons (Fsp3) is 0.580. The van der Waals surface area contributed by atoms with Gasteiger partial charge in [-0.2, -0.15) is 0 Å². The van der Waals surface area contributed by atoms with E-state index >= 15 is 0 Å². The van der Waals surface area contributed by atoms with E-state index in [1.54, 1.807) is 12.2 Å². The molecule has 0 spiro atoms. The lowest BCUT2D eigenvalue weighted by atomic mass is 10.1. The summed E-state index contributed by atoms with van der Waals surface area (Å²) in [7, 11) is -10.0. The first kappa shape index (κ1) is 94.2. The lowest BCUT2D eigenvalue weighted by molar-refractivity contribution is -0.161. The van der Waals surface area contributed by atoms with Crippen LogP contribution in [0.25, 0.3) is 0 Å². The van der Waals surface area contributed by atoms with E-state index < -0.39 is 97.5 Å². The lowest BCUT2D eigenvalue weighted by Gasteiger charge is -2.21. The van der Waals surface area contributed by atoms with Crippen LogP contribution >= 0.6 is 15.6 Å². The predicted octanol–water partition coefficient (Wildman–Crippen LogP) is 21.2. The van der Waals surface area contributed by atoms with E-state index in [0.29, 0.717) is 32.1 Å². The van der Waals surface area contributed by atoms with Gasteiger partial charge in [-0.25, -0.2) is 9.13 Å². The molecule has 0 radical (unpaired) electrons. The number of rotatable bonds is 67. The molecule has 19 heteroatoms. The van der Waals surface area contributed by atoms with Gasteiger partial charge in [0.05, 0.1) is 32.8 Å². The Balaban J connectivity index is 5.51. The van der Waals surface area contributed by atoms with Crippen LogP contribution < -0.4 is 0 Å². The molecular weight excluding hydrogens is 1310 g/mol. The van der Waals surface area contributed by atoms with Gasteiger partial charge in [0.25, 0.3) is 0 Å². The molecule has 100 heavy (non-hydrogen) atoms. The van der Waals surface area contributed by atoms with Crippen LogP contribution in [0, 0.1) is 0 Å². The van der Waals surface area contributed by atoms with Crippen molar-refractivity contribution in [2.45, 2.75) is 264 Å². The minimum absolute atomic E-state index is 0.0559. The number of carbonyl (C=O) groups is 4. The molecule has 0 fully saturated rings. The third-order valence-electron chi connectivity index (χ3n) is 14.4. The highest BCUT2D eigenvalue weighted by Gasteiger charge is 2.30. The first-order valence-corrected chi connectivity index (χ1v) is 40.0. The number of unbranched alkanes of at least 4 members (excludes halogenated alkanes) is 12. The number of phosphoric acid groups is 2. The molecule has 5 unspecified atom stereocenters. The Bertz CT molecular complexity index is 2620. The second kappa shape index (κ2) is 71.6. The van der Waals surface area contributed by atoms with Crippen molar-refractivity contribution in [3.8, 4) is 0 Å². The zero-order valence-electron chi connectivity index (χ0n) is 61.3. The Morgan fingerprint density at radius 1 is 0.300 bits per heavy atom. The van der Waals surface area contributed by atoms with Crippen molar-refractivity contribution in [3.63, 3.8) is 0 Å². The maximum atomic E-state index is 13.1.